The summed E-state index contributed by atoms with van der Waals surface area (Å²) in [5.41, 5.74) is 1.39. The highest BCUT2D eigenvalue weighted by Gasteiger charge is 2.13. The topological polar surface area (TPSA) is 74.7 Å². The summed E-state index contributed by atoms with van der Waals surface area (Å²) in [5, 5.41) is 8.96. The molecule has 0 heterocycles. The summed E-state index contributed by atoms with van der Waals surface area (Å²) in [4.78, 5) is 12.4. The van der Waals surface area contributed by atoms with Crippen molar-refractivity contribution in [1.29, 1.82) is 0 Å². The molecule has 0 unspecified atom stereocenters. The van der Waals surface area contributed by atoms with Crippen LogP contribution in [0.4, 0.5) is 5.69 Å². The molecule has 88 valence electrons. The fourth-order valence-corrected chi connectivity index (χ4v) is 1.89. The number of carboxylic acid groups (broad SMARTS) is 1. The third-order valence-electron chi connectivity index (χ3n) is 2.12. The largest absolute Gasteiger partial charge is 0.478 e. The molecule has 5 nitrogen and oxygen atoms in total. The van der Waals surface area contributed by atoms with Gasteiger partial charge in [-0.3, -0.25) is 0 Å². The molecule has 16 heavy (non-hydrogen) atoms. The molecular formula is C10H13NO4S. The van der Waals surface area contributed by atoms with Gasteiger partial charge in [0.1, 0.15) is 5.88 Å². The Balaban J connectivity index is 3.18. The summed E-state index contributed by atoms with van der Waals surface area (Å²) < 4.78 is 21.2. The van der Waals surface area contributed by atoms with Crippen molar-refractivity contribution < 1.29 is 18.3 Å². The van der Waals surface area contributed by atoms with Gasteiger partial charge >= 0.3 is 5.97 Å². The van der Waals surface area contributed by atoms with Crippen LogP contribution in [0.5, 0.6) is 0 Å². The molecule has 1 N–H and O–H groups in total. The second-order valence-corrected chi connectivity index (χ2v) is 4.45. The maximum absolute atomic E-state index is 10.9. The van der Waals surface area contributed by atoms with E-state index in [1.54, 1.807) is 19.2 Å². The van der Waals surface area contributed by atoms with Crippen LogP contribution in [0.3, 0.4) is 0 Å². The summed E-state index contributed by atoms with van der Waals surface area (Å²) in [7, 11) is -1.02. The number of thiol groups is 1. The number of aromatic carboxylic acids is 1. The van der Waals surface area contributed by atoms with Gasteiger partial charge in [-0.1, -0.05) is 6.07 Å². The Morgan fingerprint density at radius 3 is 2.56 bits per heavy atom. The number of benzene rings is 1. The summed E-state index contributed by atoms with van der Waals surface area (Å²) in [6.45, 7) is 1.82. The second kappa shape index (κ2) is 4.98. The average molecular weight is 243 g/mol. The maximum atomic E-state index is 10.9. The third kappa shape index (κ3) is 2.96. The van der Waals surface area contributed by atoms with Crippen molar-refractivity contribution in [3.8, 4) is 0 Å². The Kier molecular flexibility index (Phi) is 3.89. The van der Waals surface area contributed by atoms with E-state index in [9.17, 15) is 13.2 Å². The lowest BCUT2D eigenvalue weighted by Gasteiger charge is -2.18. The molecule has 1 rings (SSSR count). The number of anilines is 1. The summed E-state index contributed by atoms with van der Waals surface area (Å²) in [5.74, 6) is -1.26. The molecule has 0 bridgehead atoms. The van der Waals surface area contributed by atoms with E-state index in [2.05, 4.69) is 0 Å². The first-order valence-corrected chi connectivity index (χ1v) is 5.95. The van der Waals surface area contributed by atoms with E-state index in [0.717, 1.165) is 5.56 Å². The molecule has 1 aromatic rings. The van der Waals surface area contributed by atoms with Crippen molar-refractivity contribution in [2.45, 2.75) is 6.92 Å². The Labute approximate surface area is 95.3 Å². The van der Waals surface area contributed by atoms with Crippen molar-refractivity contribution in [3.05, 3.63) is 29.3 Å². The van der Waals surface area contributed by atoms with E-state index in [-0.39, 0.29) is 11.4 Å². The van der Waals surface area contributed by atoms with Gasteiger partial charge in [-0.15, -0.1) is 0 Å². The fraction of sp³-hybridized carbons (Fsp3) is 0.300. The molecule has 0 aliphatic heterocycles. The SMILES string of the molecule is Cc1ccc(C(=O)O)c(N(C)C[SH](=O)=O)c1. The second-order valence-electron chi connectivity index (χ2n) is 3.50. The van der Waals surface area contributed by atoms with Gasteiger partial charge in [-0.2, -0.15) is 0 Å². The van der Waals surface area contributed by atoms with Crippen molar-refractivity contribution in [1.82, 2.24) is 0 Å². The van der Waals surface area contributed by atoms with E-state index < -0.39 is 16.7 Å². The summed E-state index contributed by atoms with van der Waals surface area (Å²) >= 11 is 0. The molecule has 0 saturated carbocycles. The summed E-state index contributed by atoms with van der Waals surface area (Å²) in [6.07, 6.45) is 0. The predicted octanol–water partition coefficient (Wildman–Crippen LogP) is 0.698. The number of hydrogen-bond donors (Lipinski definition) is 2. The number of nitrogens with zero attached hydrogens (tertiary/aromatic N) is 1. The molecule has 0 aliphatic carbocycles. The van der Waals surface area contributed by atoms with E-state index >= 15 is 0 Å². The smallest absolute Gasteiger partial charge is 0.337 e. The van der Waals surface area contributed by atoms with Crippen LogP contribution in [0.1, 0.15) is 15.9 Å². The number of carboxylic acids is 1. The number of carbonyl (C=O) groups is 1. The lowest BCUT2D eigenvalue weighted by Crippen LogP contribution is -2.22. The molecule has 0 aromatic heterocycles. The van der Waals surface area contributed by atoms with Gasteiger partial charge < -0.3 is 10.0 Å². The highest BCUT2D eigenvalue weighted by Crippen LogP contribution is 2.21. The van der Waals surface area contributed by atoms with Crippen molar-refractivity contribution in [2.24, 2.45) is 0 Å². The Hall–Kier alpha value is -1.56. The normalized spacial score (nSPS) is 10.4. The van der Waals surface area contributed by atoms with Gasteiger partial charge in [0, 0.05) is 7.05 Å². The van der Waals surface area contributed by atoms with Crippen LogP contribution in [0.2, 0.25) is 0 Å². The number of aryl methyl sites for hydroxylation is 1. The van der Waals surface area contributed by atoms with Crippen LogP contribution in [0.25, 0.3) is 0 Å². The molecule has 0 amide bonds. The first-order valence-electron chi connectivity index (χ1n) is 4.58. The van der Waals surface area contributed by atoms with Crippen LogP contribution < -0.4 is 4.90 Å². The van der Waals surface area contributed by atoms with Crippen LogP contribution in [0.15, 0.2) is 18.2 Å². The van der Waals surface area contributed by atoms with Crippen LogP contribution >= 0.6 is 0 Å². The van der Waals surface area contributed by atoms with E-state index in [0.29, 0.717) is 5.69 Å². The van der Waals surface area contributed by atoms with Gasteiger partial charge in [0.25, 0.3) is 0 Å². The first-order chi connectivity index (χ1) is 7.41. The fourth-order valence-electron chi connectivity index (χ4n) is 1.39. The van der Waals surface area contributed by atoms with Crippen LogP contribution in [-0.4, -0.2) is 32.4 Å². The molecule has 0 spiro atoms. The quantitative estimate of drug-likeness (QED) is 0.761. The van der Waals surface area contributed by atoms with Crippen molar-refractivity contribution in [3.63, 3.8) is 0 Å². The zero-order valence-corrected chi connectivity index (χ0v) is 9.90. The van der Waals surface area contributed by atoms with Crippen molar-refractivity contribution >= 4 is 22.4 Å². The molecule has 0 fully saturated rings. The average Bonchev–Trinajstić information content (AvgIpc) is 2.15. The Bertz CT molecular complexity index is 474. The minimum absolute atomic E-state index is 0.102. The van der Waals surface area contributed by atoms with Gasteiger partial charge in [0.05, 0.1) is 11.3 Å². The monoisotopic (exact) mass is 243 g/mol. The van der Waals surface area contributed by atoms with Gasteiger partial charge in [-0.05, 0) is 24.6 Å². The lowest BCUT2D eigenvalue weighted by atomic mass is 10.1. The molecule has 0 saturated heterocycles. The third-order valence-corrected chi connectivity index (χ3v) is 2.78. The Morgan fingerprint density at radius 2 is 2.06 bits per heavy atom. The molecule has 1 aromatic carbocycles. The molecule has 0 radical (unpaired) electrons. The minimum Gasteiger partial charge on any atom is -0.478 e. The van der Waals surface area contributed by atoms with Gasteiger partial charge in [0.15, 0.2) is 10.7 Å². The van der Waals surface area contributed by atoms with E-state index in [4.69, 9.17) is 5.11 Å². The van der Waals surface area contributed by atoms with Crippen LogP contribution in [-0.2, 0) is 10.7 Å². The zero-order valence-electron chi connectivity index (χ0n) is 9.01. The zero-order chi connectivity index (χ0) is 12.3. The molecule has 0 atom stereocenters. The molecular weight excluding hydrogens is 230 g/mol. The molecule has 0 aliphatic rings. The van der Waals surface area contributed by atoms with Crippen LogP contribution in [0, 0.1) is 6.92 Å². The number of hydrogen-bond acceptors (Lipinski definition) is 4. The van der Waals surface area contributed by atoms with E-state index in [1.807, 2.05) is 6.92 Å². The highest BCUT2D eigenvalue weighted by molar-refractivity contribution is 7.72. The molecule has 6 heteroatoms. The first kappa shape index (κ1) is 12.5. The number of rotatable bonds is 4. The Morgan fingerprint density at radius 1 is 1.44 bits per heavy atom. The standard InChI is InChI=1S/C10H13NO4S/c1-7-3-4-8(10(12)13)9(5-7)11(2)6-16(14)15/h3-5,16H,6H2,1-2H3,(H,12,13). The van der Waals surface area contributed by atoms with Gasteiger partial charge in [0.2, 0.25) is 0 Å². The van der Waals surface area contributed by atoms with Gasteiger partial charge in [-0.25, -0.2) is 13.2 Å². The highest BCUT2D eigenvalue weighted by atomic mass is 32.2. The summed E-state index contributed by atoms with van der Waals surface area (Å²) in [6, 6.07) is 4.81. The maximum Gasteiger partial charge on any atom is 0.337 e. The van der Waals surface area contributed by atoms with E-state index in [1.165, 1.54) is 11.0 Å². The minimum atomic E-state index is -2.57. The predicted molar refractivity (Wildman–Crippen MR) is 61.7 cm³/mol. The lowest BCUT2D eigenvalue weighted by molar-refractivity contribution is 0.0697. The van der Waals surface area contributed by atoms with Crippen molar-refractivity contribution in [2.75, 3.05) is 17.8 Å².